The van der Waals surface area contributed by atoms with E-state index in [1.54, 1.807) is 17.1 Å². The predicted octanol–water partition coefficient (Wildman–Crippen LogP) is -0.645. The van der Waals surface area contributed by atoms with Crippen LogP contribution in [0.25, 0.3) is 0 Å². The lowest BCUT2D eigenvalue weighted by molar-refractivity contribution is -0.338. The Morgan fingerprint density at radius 1 is 0.850 bits per heavy atom. The molecule has 8 N–H and O–H groups in total. The van der Waals surface area contributed by atoms with Crippen LogP contribution in [-0.2, 0) is 42.9 Å². The summed E-state index contributed by atoms with van der Waals surface area (Å²) < 4.78 is 69.5. The molecule has 5 fully saturated rings. The summed E-state index contributed by atoms with van der Waals surface area (Å²) in [6, 6.07) is -1.29. The molecule has 0 spiro atoms. The van der Waals surface area contributed by atoms with Gasteiger partial charge in [-0.15, -0.1) is 0 Å². The van der Waals surface area contributed by atoms with E-state index in [4.69, 9.17) is 23.7 Å². The maximum Gasteiger partial charge on any atom is 0.471 e. The first-order valence-electron chi connectivity index (χ1n) is 21.2. The third kappa shape index (κ3) is 12.0. The van der Waals surface area contributed by atoms with Crippen LogP contribution in [0.4, 0.5) is 13.2 Å². The van der Waals surface area contributed by atoms with Gasteiger partial charge in [0.15, 0.2) is 12.6 Å². The minimum atomic E-state index is -5.10. The normalized spacial score (nSPS) is 37.1. The molecule has 15 atom stereocenters. The zero-order valence-corrected chi connectivity index (χ0v) is 34.3. The Bertz CT molecular complexity index is 1440. The number of carbonyl (C=O) groups is 4. The summed E-state index contributed by atoms with van der Waals surface area (Å²) >= 11 is 0. The van der Waals surface area contributed by atoms with E-state index in [1.807, 2.05) is 0 Å². The molecule has 3 aliphatic heterocycles. The van der Waals surface area contributed by atoms with E-state index in [0.29, 0.717) is 25.9 Å². The molecule has 0 radical (unpaired) electrons. The van der Waals surface area contributed by atoms with Gasteiger partial charge in [0.05, 0.1) is 24.9 Å². The molecule has 0 bridgehead atoms. The molecule has 21 heteroatoms. The quantitative estimate of drug-likeness (QED) is 0.0899. The van der Waals surface area contributed by atoms with Gasteiger partial charge in [-0.25, -0.2) is 0 Å². The molecule has 5 rings (SSSR count). The van der Waals surface area contributed by atoms with Gasteiger partial charge in [0.1, 0.15) is 48.8 Å². The van der Waals surface area contributed by atoms with Crippen molar-refractivity contribution in [2.24, 2.45) is 17.8 Å². The van der Waals surface area contributed by atoms with E-state index in [1.165, 1.54) is 13.8 Å². The third-order valence-corrected chi connectivity index (χ3v) is 12.5. The number of amides is 4. The van der Waals surface area contributed by atoms with Crippen LogP contribution in [0.3, 0.4) is 0 Å². The molecule has 0 aromatic rings. The van der Waals surface area contributed by atoms with Crippen molar-refractivity contribution in [3.63, 3.8) is 0 Å². The van der Waals surface area contributed by atoms with Crippen LogP contribution in [0, 0.1) is 17.8 Å². The first-order valence-corrected chi connectivity index (χ1v) is 21.2. The van der Waals surface area contributed by atoms with Crippen LogP contribution < -0.4 is 16.0 Å². The lowest BCUT2D eigenvalue weighted by Gasteiger charge is -2.49. The molecule has 18 nitrogen and oxygen atoms in total. The molecule has 2 aliphatic carbocycles. The minimum Gasteiger partial charge on any atom is -0.394 e. The number of nitrogens with zero attached hydrogens (tertiary/aromatic N) is 1. The SMILES string of the molecule is CCC1CC(C(=O)NCCNC(=O)C(F)(F)F)C[C@@H](O[C@@H]2OC(CO)[C@H](O)C(O[C@@H](CC3CCCCC3)C(=O)N3CCC3)C2NC(C)=O)C1O[C@@H]1OC(C)[C@@H](O)C(O)C1O. The van der Waals surface area contributed by atoms with Gasteiger partial charge in [0.25, 0.3) is 5.91 Å². The van der Waals surface area contributed by atoms with E-state index < -0.39 is 129 Å². The van der Waals surface area contributed by atoms with Crippen molar-refractivity contribution in [1.29, 1.82) is 0 Å². The second-order valence-electron chi connectivity index (χ2n) is 16.8. The monoisotopic (exact) mass is 868 g/mol. The number of hydrogen-bond acceptors (Lipinski definition) is 14. The number of aliphatic hydroxyl groups excluding tert-OH is 5. The highest BCUT2D eigenvalue weighted by atomic mass is 19.4. The Morgan fingerprint density at radius 2 is 1.53 bits per heavy atom. The van der Waals surface area contributed by atoms with Gasteiger partial charge in [-0.1, -0.05) is 45.4 Å². The Hall–Kier alpha value is -2.73. The average Bonchev–Trinajstić information content (AvgIpc) is 3.18. The Labute approximate surface area is 347 Å². The number of halogens is 3. The summed E-state index contributed by atoms with van der Waals surface area (Å²) in [4.78, 5) is 53.2. The van der Waals surface area contributed by atoms with Gasteiger partial charge in [0.2, 0.25) is 11.8 Å². The van der Waals surface area contributed by atoms with E-state index in [9.17, 15) is 57.9 Å². The first-order chi connectivity index (χ1) is 28.4. The highest BCUT2D eigenvalue weighted by molar-refractivity contribution is 5.82. The van der Waals surface area contributed by atoms with Crippen molar-refractivity contribution >= 4 is 23.6 Å². The molecule has 4 amide bonds. The predicted molar refractivity (Wildman–Crippen MR) is 201 cm³/mol. The first kappa shape index (κ1) is 48.3. The maximum atomic E-state index is 13.9. The summed E-state index contributed by atoms with van der Waals surface area (Å²) in [6.07, 6.45) is -14.8. The van der Waals surface area contributed by atoms with Crippen molar-refractivity contribution in [3.8, 4) is 0 Å². The summed E-state index contributed by atoms with van der Waals surface area (Å²) in [5, 5.41) is 60.9. The van der Waals surface area contributed by atoms with E-state index >= 15 is 0 Å². The van der Waals surface area contributed by atoms with Crippen molar-refractivity contribution < 1.29 is 81.6 Å². The number of ether oxygens (including phenoxy) is 5. The molecule has 344 valence electrons. The number of hydrogen-bond donors (Lipinski definition) is 8. The molecule has 3 saturated heterocycles. The fourth-order valence-corrected chi connectivity index (χ4v) is 8.92. The minimum absolute atomic E-state index is 0.131. The fraction of sp³-hybridized carbons (Fsp3) is 0.897. The van der Waals surface area contributed by atoms with Crippen LogP contribution in [0.2, 0.25) is 0 Å². The number of aliphatic hydroxyl groups is 5. The third-order valence-electron chi connectivity index (χ3n) is 12.5. The van der Waals surface area contributed by atoms with Crippen LogP contribution in [0.5, 0.6) is 0 Å². The zero-order valence-electron chi connectivity index (χ0n) is 34.3. The van der Waals surface area contributed by atoms with E-state index in [2.05, 4.69) is 10.6 Å². The summed E-state index contributed by atoms with van der Waals surface area (Å²) in [5.74, 6) is -4.78. The largest absolute Gasteiger partial charge is 0.471 e. The van der Waals surface area contributed by atoms with Crippen LogP contribution in [0.1, 0.15) is 85.0 Å². The maximum absolute atomic E-state index is 13.9. The summed E-state index contributed by atoms with van der Waals surface area (Å²) in [5.41, 5.74) is 0. The number of nitrogens with one attached hydrogen (secondary N) is 3. The highest BCUT2D eigenvalue weighted by Gasteiger charge is 2.53. The second-order valence-corrected chi connectivity index (χ2v) is 16.8. The standard InChI is InChI=1S/C39H63F3N4O14/c1-4-22-16-23(34(53)43-11-12-44-38(55)39(40,41)42)17-24(32(22)60-37-31(52)30(51)28(49)19(2)56-37)58-36-27(45-20(3)48)33(29(50)26(18-47)59-36)57-25(35(54)46-13-8-14-46)15-21-9-6-5-7-10-21/h19,21-33,36-37,47,49-52H,4-18H2,1-3H3,(H,43,53)(H,44,55)(H,45,48)/t19?,22?,23?,24-,25+,26?,27?,28-,29+,30?,31?,32?,33?,36-,37+/m1/s1. The molecule has 60 heavy (non-hydrogen) atoms. The molecular weight excluding hydrogens is 805 g/mol. The van der Waals surface area contributed by atoms with Gasteiger partial charge in [-0.3, -0.25) is 19.2 Å². The lowest BCUT2D eigenvalue weighted by Crippen LogP contribution is -2.67. The summed E-state index contributed by atoms with van der Waals surface area (Å²) in [6.45, 7) is 4.03. The van der Waals surface area contributed by atoms with Crippen molar-refractivity contribution in [2.45, 2.75) is 171 Å². The molecular formula is C39H63F3N4O14. The Balaban J connectivity index is 1.43. The number of alkyl halides is 3. The van der Waals surface area contributed by atoms with E-state index in [-0.39, 0.29) is 31.2 Å². The highest BCUT2D eigenvalue weighted by Crippen LogP contribution is 2.40. The van der Waals surface area contributed by atoms with Gasteiger partial charge < -0.3 is 70.1 Å². The Morgan fingerprint density at radius 3 is 2.13 bits per heavy atom. The molecule has 9 unspecified atom stereocenters. The molecule has 5 aliphatic rings. The van der Waals surface area contributed by atoms with Gasteiger partial charge in [-0.05, 0) is 44.4 Å². The fourth-order valence-electron chi connectivity index (χ4n) is 8.92. The molecule has 3 heterocycles. The van der Waals surface area contributed by atoms with Crippen LogP contribution >= 0.6 is 0 Å². The molecule has 2 saturated carbocycles. The van der Waals surface area contributed by atoms with Gasteiger partial charge in [0, 0.05) is 39.0 Å². The topological polar surface area (TPSA) is 255 Å². The van der Waals surface area contributed by atoms with Crippen molar-refractivity contribution in [2.75, 3.05) is 32.8 Å². The van der Waals surface area contributed by atoms with E-state index in [0.717, 1.165) is 38.5 Å². The average molecular weight is 869 g/mol. The number of likely N-dealkylation sites (tertiary alicyclic amines) is 1. The number of rotatable bonds is 16. The van der Waals surface area contributed by atoms with Gasteiger partial charge >= 0.3 is 12.1 Å². The van der Waals surface area contributed by atoms with Crippen LogP contribution in [0.15, 0.2) is 0 Å². The lowest BCUT2D eigenvalue weighted by atomic mass is 9.75. The Kier molecular flexibility index (Phi) is 17.4. The molecule has 0 aromatic carbocycles. The smallest absolute Gasteiger partial charge is 0.394 e. The van der Waals surface area contributed by atoms with Crippen LogP contribution in [-0.4, -0.2) is 173 Å². The number of carbonyl (C=O) groups excluding carboxylic acids is 4. The van der Waals surface area contributed by atoms with Crippen molar-refractivity contribution in [1.82, 2.24) is 20.9 Å². The van der Waals surface area contributed by atoms with Gasteiger partial charge in [-0.2, -0.15) is 13.2 Å². The molecule has 0 aromatic heterocycles. The second kappa shape index (κ2) is 21.6. The summed E-state index contributed by atoms with van der Waals surface area (Å²) in [7, 11) is 0. The zero-order chi connectivity index (χ0) is 43.9. The van der Waals surface area contributed by atoms with Crippen molar-refractivity contribution in [3.05, 3.63) is 0 Å².